The van der Waals surface area contributed by atoms with Gasteiger partial charge >= 0.3 is 6.09 Å². The number of aryl methyl sites for hydroxylation is 1. The van der Waals surface area contributed by atoms with Gasteiger partial charge < -0.3 is 24.6 Å². The smallest absolute Gasteiger partial charge is 0.410 e. The molecule has 184 valence electrons. The van der Waals surface area contributed by atoms with E-state index in [-0.39, 0.29) is 18.0 Å². The number of hydrogen-bond donors (Lipinski definition) is 1. The molecule has 1 fully saturated rings. The molecule has 34 heavy (non-hydrogen) atoms. The van der Waals surface area contributed by atoms with Crippen molar-refractivity contribution >= 4 is 17.9 Å². The van der Waals surface area contributed by atoms with E-state index in [1.165, 1.54) is 0 Å². The summed E-state index contributed by atoms with van der Waals surface area (Å²) in [6, 6.07) is 5.75. The van der Waals surface area contributed by atoms with Crippen LogP contribution < -0.4 is 15.0 Å². The summed E-state index contributed by atoms with van der Waals surface area (Å²) in [6.45, 7) is 14.1. The lowest BCUT2D eigenvalue weighted by Gasteiger charge is -2.35. The van der Waals surface area contributed by atoms with Crippen LogP contribution in [0, 0.1) is 6.92 Å². The summed E-state index contributed by atoms with van der Waals surface area (Å²) in [5, 5.41) is 2.91. The Morgan fingerprint density at radius 3 is 2.29 bits per heavy atom. The first-order chi connectivity index (χ1) is 16.0. The topological polar surface area (TPSA) is 96.9 Å². The van der Waals surface area contributed by atoms with Crippen molar-refractivity contribution in [2.24, 2.45) is 0 Å². The number of aromatic nitrogens is 2. The largest absolute Gasteiger partial charge is 0.486 e. The second kappa shape index (κ2) is 10.7. The standard InChI is InChI=1S/C25H35N5O4/c1-17(2)28-22(31)21-8-7-19(13-18(21)3)16-33-20-14-26-23(27-15-20)29-9-11-30(12-10-29)24(32)34-25(4,5)6/h7-8,13-15,17H,9-12,16H2,1-6H3,(H,28,31). The minimum atomic E-state index is -0.504. The van der Waals surface area contributed by atoms with Gasteiger partial charge in [-0.2, -0.15) is 0 Å². The maximum absolute atomic E-state index is 12.2. The predicted octanol–water partition coefficient (Wildman–Crippen LogP) is 3.56. The molecule has 0 unspecified atom stereocenters. The Balaban J connectivity index is 1.50. The van der Waals surface area contributed by atoms with Gasteiger partial charge in [-0.3, -0.25) is 4.79 Å². The summed E-state index contributed by atoms with van der Waals surface area (Å²) < 4.78 is 11.3. The van der Waals surface area contributed by atoms with E-state index in [1.54, 1.807) is 17.3 Å². The van der Waals surface area contributed by atoms with Crippen molar-refractivity contribution in [2.75, 3.05) is 31.1 Å². The van der Waals surface area contributed by atoms with E-state index < -0.39 is 5.60 Å². The summed E-state index contributed by atoms with van der Waals surface area (Å²) in [6.07, 6.45) is 3.01. The highest BCUT2D eigenvalue weighted by atomic mass is 16.6. The van der Waals surface area contributed by atoms with Gasteiger partial charge in [0.05, 0.1) is 12.4 Å². The number of benzene rings is 1. The monoisotopic (exact) mass is 469 g/mol. The average Bonchev–Trinajstić information content (AvgIpc) is 2.76. The number of nitrogens with one attached hydrogen (secondary N) is 1. The molecular weight excluding hydrogens is 434 g/mol. The number of ether oxygens (including phenoxy) is 2. The number of amides is 2. The minimum absolute atomic E-state index is 0.0733. The van der Waals surface area contributed by atoms with E-state index in [0.717, 1.165) is 11.1 Å². The third-order valence-electron chi connectivity index (χ3n) is 5.19. The van der Waals surface area contributed by atoms with Crippen LogP contribution in [0.2, 0.25) is 0 Å². The van der Waals surface area contributed by atoms with Crippen LogP contribution in [0.4, 0.5) is 10.7 Å². The van der Waals surface area contributed by atoms with Crippen LogP contribution in [-0.2, 0) is 11.3 Å². The lowest BCUT2D eigenvalue weighted by molar-refractivity contribution is 0.0240. The number of rotatable bonds is 6. The van der Waals surface area contributed by atoms with Gasteiger partial charge in [-0.15, -0.1) is 0 Å². The highest BCUT2D eigenvalue weighted by molar-refractivity contribution is 5.95. The molecule has 0 bridgehead atoms. The molecule has 0 saturated carbocycles. The molecule has 0 radical (unpaired) electrons. The van der Waals surface area contributed by atoms with Gasteiger partial charge in [0, 0.05) is 37.8 Å². The van der Waals surface area contributed by atoms with Gasteiger partial charge in [0.2, 0.25) is 5.95 Å². The second-order valence-electron chi connectivity index (χ2n) is 9.74. The number of carbonyl (C=O) groups excluding carboxylic acids is 2. The van der Waals surface area contributed by atoms with E-state index in [0.29, 0.717) is 50.0 Å². The van der Waals surface area contributed by atoms with E-state index in [4.69, 9.17) is 9.47 Å². The van der Waals surface area contributed by atoms with E-state index >= 15 is 0 Å². The lowest BCUT2D eigenvalue weighted by atomic mass is 10.0. The molecule has 1 saturated heterocycles. The molecule has 0 atom stereocenters. The van der Waals surface area contributed by atoms with Gasteiger partial charge in [-0.25, -0.2) is 14.8 Å². The van der Waals surface area contributed by atoms with Gasteiger partial charge in [-0.1, -0.05) is 12.1 Å². The van der Waals surface area contributed by atoms with E-state index in [2.05, 4.69) is 15.3 Å². The SMILES string of the molecule is Cc1cc(COc2cnc(N3CCN(C(=O)OC(C)(C)C)CC3)nc2)ccc1C(=O)NC(C)C. The third kappa shape index (κ3) is 7.07. The van der Waals surface area contributed by atoms with Crippen LogP contribution in [0.1, 0.15) is 56.1 Å². The van der Waals surface area contributed by atoms with E-state index in [9.17, 15) is 9.59 Å². The van der Waals surface area contributed by atoms with Gasteiger partial charge in [-0.05, 0) is 58.7 Å². The fraction of sp³-hybridized carbons (Fsp3) is 0.520. The quantitative estimate of drug-likeness (QED) is 0.691. The van der Waals surface area contributed by atoms with Crippen LogP contribution in [0.5, 0.6) is 5.75 Å². The van der Waals surface area contributed by atoms with Crippen LogP contribution in [-0.4, -0.2) is 64.7 Å². The molecule has 1 aliphatic rings. The Morgan fingerprint density at radius 1 is 1.09 bits per heavy atom. The molecule has 2 aromatic rings. The highest BCUT2D eigenvalue weighted by Crippen LogP contribution is 2.18. The average molecular weight is 470 g/mol. The maximum Gasteiger partial charge on any atom is 0.410 e. The molecule has 2 heterocycles. The molecule has 1 aromatic heterocycles. The highest BCUT2D eigenvalue weighted by Gasteiger charge is 2.26. The Kier molecular flexibility index (Phi) is 7.96. The first kappa shape index (κ1) is 25.3. The van der Waals surface area contributed by atoms with Crippen molar-refractivity contribution in [1.82, 2.24) is 20.2 Å². The molecule has 0 aliphatic carbocycles. The zero-order valence-electron chi connectivity index (χ0n) is 20.9. The summed E-state index contributed by atoms with van der Waals surface area (Å²) in [5.41, 5.74) is 2.02. The Bertz CT molecular complexity index is 993. The summed E-state index contributed by atoms with van der Waals surface area (Å²) in [4.78, 5) is 37.1. The Hall–Kier alpha value is -3.36. The Labute approximate surface area is 201 Å². The molecule has 1 aliphatic heterocycles. The maximum atomic E-state index is 12.2. The van der Waals surface area contributed by atoms with Gasteiger partial charge in [0.1, 0.15) is 12.2 Å². The number of nitrogens with zero attached hydrogens (tertiary/aromatic N) is 4. The van der Waals surface area contributed by atoms with Crippen molar-refractivity contribution < 1.29 is 19.1 Å². The fourth-order valence-electron chi connectivity index (χ4n) is 3.54. The summed E-state index contributed by atoms with van der Waals surface area (Å²) in [7, 11) is 0. The van der Waals surface area contributed by atoms with E-state index in [1.807, 2.05) is 64.6 Å². The van der Waals surface area contributed by atoms with Crippen molar-refractivity contribution in [3.05, 3.63) is 47.3 Å². The van der Waals surface area contributed by atoms with Crippen LogP contribution in [0.15, 0.2) is 30.6 Å². The second-order valence-corrected chi connectivity index (χ2v) is 9.74. The third-order valence-corrected chi connectivity index (χ3v) is 5.19. The van der Waals surface area contributed by atoms with Gasteiger partial charge in [0.25, 0.3) is 5.91 Å². The fourth-order valence-corrected chi connectivity index (χ4v) is 3.54. The summed E-state index contributed by atoms with van der Waals surface area (Å²) in [5.74, 6) is 1.10. The molecule has 1 N–H and O–H groups in total. The van der Waals surface area contributed by atoms with Crippen LogP contribution in [0.3, 0.4) is 0 Å². The summed E-state index contributed by atoms with van der Waals surface area (Å²) >= 11 is 0. The lowest BCUT2D eigenvalue weighted by Crippen LogP contribution is -2.50. The minimum Gasteiger partial charge on any atom is -0.486 e. The molecule has 2 amide bonds. The molecule has 1 aromatic carbocycles. The first-order valence-corrected chi connectivity index (χ1v) is 11.6. The van der Waals surface area contributed by atoms with Crippen molar-refractivity contribution in [2.45, 2.75) is 59.8 Å². The first-order valence-electron chi connectivity index (χ1n) is 11.6. The Morgan fingerprint density at radius 2 is 1.74 bits per heavy atom. The molecule has 9 nitrogen and oxygen atoms in total. The van der Waals surface area contributed by atoms with Crippen LogP contribution >= 0.6 is 0 Å². The number of hydrogen-bond acceptors (Lipinski definition) is 7. The van der Waals surface area contributed by atoms with Gasteiger partial charge in [0.15, 0.2) is 5.75 Å². The van der Waals surface area contributed by atoms with Crippen molar-refractivity contribution in [3.8, 4) is 5.75 Å². The number of anilines is 1. The number of carbonyl (C=O) groups is 2. The number of piperazine rings is 1. The van der Waals surface area contributed by atoms with Crippen LogP contribution in [0.25, 0.3) is 0 Å². The normalized spacial score (nSPS) is 14.2. The van der Waals surface area contributed by atoms with Crippen molar-refractivity contribution in [3.63, 3.8) is 0 Å². The molecule has 0 spiro atoms. The zero-order chi connectivity index (χ0) is 24.9. The molecule has 3 rings (SSSR count). The predicted molar refractivity (Wildman–Crippen MR) is 130 cm³/mol. The zero-order valence-corrected chi connectivity index (χ0v) is 20.9. The molecular formula is C25H35N5O4. The van der Waals surface area contributed by atoms with Crippen molar-refractivity contribution in [1.29, 1.82) is 0 Å². The molecule has 9 heteroatoms.